The minimum atomic E-state index is -0.456. The van der Waals surface area contributed by atoms with E-state index in [9.17, 15) is 4.79 Å². The van der Waals surface area contributed by atoms with Crippen molar-refractivity contribution in [3.63, 3.8) is 0 Å². The maximum Gasteiger partial charge on any atom is 0.244 e. The number of likely N-dealkylation sites (N-methyl/N-ethyl adjacent to an activating group) is 1. The fourth-order valence-electron chi connectivity index (χ4n) is 1.49. The minimum Gasteiger partial charge on any atom is -0.368 e. The summed E-state index contributed by atoms with van der Waals surface area (Å²) in [6.45, 7) is 6.88. The molecule has 18 heavy (non-hydrogen) atoms. The molecule has 0 aromatic carbocycles. The fraction of sp³-hybridized carbons (Fsp3) is 0.600. The van der Waals surface area contributed by atoms with Crippen LogP contribution < -0.4 is 11.1 Å². The summed E-state index contributed by atoms with van der Waals surface area (Å²) in [6.07, 6.45) is 0. The molecule has 3 N–H and O–H groups in total. The van der Waals surface area contributed by atoms with Gasteiger partial charge in [-0.3, -0.25) is 4.79 Å². The predicted octanol–water partition coefficient (Wildman–Crippen LogP) is 0.776. The molecule has 1 aromatic rings. The molecule has 7 nitrogen and oxygen atoms in total. The Morgan fingerprint density at radius 1 is 1.39 bits per heavy atom. The summed E-state index contributed by atoms with van der Waals surface area (Å²) >= 11 is 5.65. The number of nitrogens with one attached hydrogen (secondary N) is 1. The summed E-state index contributed by atoms with van der Waals surface area (Å²) in [5.41, 5.74) is 5.44. The number of amides is 1. The SMILES string of the molecule is CCN(CC)C(=O)C(C)Nc1nc(N)nc(Cl)n1. The van der Waals surface area contributed by atoms with Gasteiger partial charge >= 0.3 is 0 Å². The summed E-state index contributed by atoms with van der Waals surface area (Å²) < 4.78 is 0. The number of nitrogens with two attached hydrogens (primary N) is 1. The Balaban J connectivity index is 2.74. The summed E-state index contributed by atoms with van der Waals surface area (Å²) in [4.78, 5) is 25.1. The van der Waals surface area contributed by atoms with Gasteiger partial charge in [0.2, 0.25) is 23.1 Å². The smallest absolute Gasteiger partial charge is 0.244 e. The lowest BCUT2D eigenvalue weighted by molar-refractivity contribution is -0.131. The van der Waals surface area contributed by atoms with E-state index in [4.69, 9.17) is 17.3 Å². The largest absolute Gasteiger partial charge is 0.368 e. The number of carbonyl (C=O) groups excluding carboxylic acids is 1. The summed E-state index contributed by atoms with van der Waals surface area (Å²) in [5, 5.41) is 2.85. The molecule has 1 aromatic heterocycles. The van der Waals surface area contributed by atoms with Crippen LogP contribution in [0.4, 0.5) is 11.9 Å². The van der Waals surface area contributed by atoms with Gasteiger partial charge in [0.05, 0.1) is 0 Å². The van der Waals surface area contributed by atoms with Crippen LogP contribution in [0.1, 0.15) is 20.8 Å². The maximum atomic E-state index is 12.0. The highest BCUT2D eigenvalue weighted by Crippen LogP contribution is 2.09. The second kappa shape index (κ2) is 6.34. The van der Waals surface area contributed by atoms with Crippen molar-refractivity contribution in [1.82, 2.24) is 19.9 Å². The van der Waals surface area contributed by atoms with E-state index >= 15 is 0 Å². The first-order valence-corrected chi connectivity index (χ1v) is 6.08. The molecule has 0 saturated heterocycles. The number of nitrogen functional groups attached to an aromatic ring is 1. The molecule has 0 aliphatic carbocycles. The Morgan fingerprint density at radius 2 is 2.00 bits per heavy atom. The van der Waals surface area contributed by atoms with Crippen molar-refractivity contribution in [2.75, 3.05) is 24.1 Å². The molecule has 1 unspecified atom stereocenters. The molecule has 0 aliphatic rings. The Labute approximate surface area is 111 Å². The average Bonchev–Trinajstić information content (AvgIpc) is 2.28. The highest BCUT2D eigenvalue weighted by atomic mass is 35.5. The molecule has 0 spiro atoms. The molecule has 1 heterocycles. The molecule has 1 amide bonds. The standard InChI is InChI=1S/C10H17ClN6O/c1-4-17(5-2)7(18)6(3)13-10-15-8(11)14-9(12)16-10/h6H,4-5H2,1-3H3,(H3,12,13,14,15,16). The number of rotatable bonds is 5. The van der Waals surface area contributed by atoms with E-state index in [-0.39, 0.29) is 23.1 Å². The van der Waals surface area contributed by atoms with Gasteiger partial charge in [-0.15, -0.1) is 0 Å². The van der Waals surface area contributed by atoms with Crippen molar-refractivity contribution in [2.24, 2.45) is 0 Å². The topological polar surface area (TPSA) is 97.0 Å². The lowest BCUT2D eigenvalue weighted by atomic mass is 10.3. The maximum absolute atomic E-state index is 12.0. The number of hydrogen-bond acceptors (Lipinski definition) is 6. The lowest BCUT2D eigenvalue weighted by Gasteiger charge is -2.23. The van der Waals surface area contributed by atoms with Crippen LogP contribution in [-0.4, -0.2) is 44.9 Å². The van der Waals surface area contributed by atoms with Gasteiger partial charge in [-0.25, -0.2) is 0 Å². The Bertz CT molecular complexity index is 403. The molecule has 100 valence electrons. The number of halogens is 1. The Kier molecular flexibility index (Phi) is 5.08. The second-order valence-electron chi connectivity index (χ2n) is 3.66. The van der Waals surface area contributed by atoms with Crippen LogP contribution in [0, 0.1) is 0 Å². The first-order valence-electron chi connectivity index (χ1n) is 5.70. The van der Waals surface area contributed by atoms with Crippen LogP contribution in [0.15, 0.2) is 0 Å². The normalized spacial score (nSPS) is 12.0. The van der Waals surface area contributed by atoms with Gasteiger partial charge in [-0.05, 0) is 32.4 Å². The van der Waals surface area contributed by atoms with E-state index in [1.165, 1.54) is 0 Å². The third-order valence-electron chi connectivity index (χ3n) is 2.42. The average molecular weight is 273 g/mol. The Hall–Kier alpha value is -1.63. The van der Waals surface area contributed by atoms with Crippen molar-refractivity contribution in [2.45, 2.75) is 26.8 Å². The first kappa shape index (κ1) is 14.4. The van der Waals surface area contributed by atoms with E-state index in [1.807, 2.05) is 13.8 Å². The molecule has 0 fully saturated rings. The predicted molar refractivity (Wildman–Crippen MR) is 70.3 cm³/mol. The molecule has 0 saturated carbocycles. The van der Waals surface area contributed by atoms with E-state index in [0.717, 1.165) is 0 Å². The summed E-state index contributed by atoms with van der Waals surface area (Å²) in [6, 6.07) is -0.456. The third-order valence-corrected chi connectivity index (χ3v) is 2.59. The highest BCUT2D eigenvalue weighted by Gasteiger charge is 2.19. The molecular weight excluding hydrogens is 256 g/mol. The van der Waals surface area contributed by atoms with Crippen LogP contribution in [0.2, 0.25) is 5.28 Å². The summed E-state index contributed by atoms with van der Waals surface area (Å²) in [7, 11) is 0. The number of anilines is 2. The minimum absolute atomic E-state index is 0.00696. The zero-order valence-electron chi connectivity index (χ0n) is 10.6. The van der Waals surface area contributed by atoms with Crippen LogP contribution in [0.5, 0.6) is 0 Å². The number of nitrogens with zero attached hydrogens (tertiary/aromatic N) is 4. The second-order valence-corrected chi connectivity index (χ2v) is 4.00. The Morgan fingerprint density at radius 3 is 2.50 bits per heavy atom. The molecular formula is C10H17ClN6O. The highest BCUT2D eigenvalue weighted by molar-refractivity contribution is 6.28. The molecule has 0 bridgehead atoms. The van der Waals surface area contributed by atoms with Crippen LogP contribution >= 0.6 is 11.6 Å². The van der Waals surface area contributed by atoms with Crippen molar-refractivity contribution in [3.8, 4) is 0 Å². The molecule has 1 rings (SSSR count). The zero-order valence-corrected chi connectivity index (χ0v) is 11.4. The van der Waals surface area contributed by atoms with Gasteiger partial charge in [-0.1, -0.05) is 0 Å². The molecule has 8 heteroatoms. The third kappa shape index (κ3) is 3.69. The number of hydrogen-bond donors (Lipinski definition) is 2. The zero-order chi connectivity index (χ0) is 13.7. The van der Waals surface area contributed by atoms with Crippen molar-refractivity contribution in [1.29, 1.82) is 0 Å². The monoisotopic (exact) mass is 272 g/mol. The van der Waals surface area contributed by atoms with E-state index < -0.39 is 6.04 Å². The van der Waals surface area contributed by atoms with Crippen molar-refractivity contribution in [3.05, 3.63) is 5.28 Å². The molecule has 0 aliphatic heterocycles. The molecule has 0 radical (unpaired) electrons. The lowest BCUT2D eigenvalue weighted by Crippen LogP contribution is -2.41. The van der Waals surface area contributed by atoms with Crippen LogP contribution in [0.25, 0.3) is 0 Å². The van der Waals surface area contributed by atoms with E-state index in [2.05, 4.69) is 20.3 Å². The van der Waals surface area contributed by atoms with Crippen molar-refractivity contribution >= 4 is 29.4 Å². The van der Waals surface area contributed by atoms with Gasteiger partial charge in [0.15, 0.2) is 0 Å². The number of aromatic nitrogens is 3. The van der Waals surface area contributed by atoms with Crippen LogP contribution in [-0.2, 0) is 4.79 Å². The van der Waals surface area contributed by atoms with E-state index in [0.29, 0.717) is 13.1 Å². The number of carbonyl (C=O) groups is 1. The van der Waals surface area contributed by atoms with Crippen molar-refractivity contribution < 1.29 is 4.79 Å². The molecule has 1 atom stereocenters. The first-order chi connectivity index (χ1) is 8.47. The van der Waals surface area contributed by atoms with E-state index in [1.54, 1.807) is 11.8 Å². The summed E-state index contributed by atoms with van der Waals surface area (Å²) in [5.74, 6) is 0.176. The van der Waals surface area contributed by atoms with Gasteiger partial charge in [0.1, 0.15) is 6.04 Å². The quantitative estimate of drug-likeness (QED) is 0.822. The van der Waals surface area contributed by atoms with Gasteiger partial charge in [0.25, 0.3) is 0 Å². The van der Waals surface area contributed by atoms with Crippen LogP contribution in [0.3, 0.4) is 0 Å². The van der Waals surface area contributed by atoms with Gasteiger partial charge in [-0.2, -0.15) is 15.0 Å². The van der Waals surface area contributed by atoms with Gasteiger partial charge < -0.3 is 16.0 Å². The van der Waals surface area contributed by atoms with Gasteiger partial charge in [0, 0.05) is 13.1 Å². The fourth-order valence-corrected chi connectivity index (χ4v) is 1.66.